The number of imidazole rings is 1. The van der Waals surface area contributed by atoms with Crippen molar-refractivity contribution in [1.29, 1.82) is 0 Å². The molecule has 0 aliphatic heterocycles. The highest BCUT2D eigenvalue weighted by atomic mass is 16.5. The van der Waals surface area contributed by atoms with Gasteiger partial charge in [-0.25, -0.2) is 4.98 Å². The topological polar surface area (TPSA) is 101 Å². The van der Waals surface area contributed by atoms with Crippen molar-refractivity contribution in [1.82, 2.24) is 29.5 Å². The van der Waals surface area contributed by atoms with Gasteiger partial charge < -0.3 is 14.8 Å². The van der Waals surface area contributed by atoms with E-state index in [9.17, 15) is 0 Å². The second-order valence-corrected chi connectivity index (χ2v) is 3.88. The third-order valence-electron chi connectivity index (χ3n) is 2.69. The molecule has 0 spiro atoms. The second kappa shape index (κ2) is 3.69. The lowest BCUT2D eigenvalue weighted by Crippen LogP contribution is -1.98. The van der Waals surface area contributed by atoms with Crippen LogP contribution >= 0.6 is 0 Å². The van der Waals surface area contributed by atoms with Crippen LogP contribution in [0.5, 0.6) is 0 Å². The van der Waals surface area contributed by atoms with E-state index in [4.69, 9.17) is 10.3 Å². The zero-order valence-corrected chi connectivity index (χ0v) is 9.90. The van der Waals surface area contributed by atoms with Gasteiger partial charge in [0, 0.05) is 14.1 Å². The van der Waals surface area contributed by atoms with Crippen molar-refractivity contribution in [3.8, 4) is 23.0 Å². The van der Waals surface area contributed by atoms with Crippen molar-refractivity contribution < 1.29 is 4.52 Å². The fourth-order valence-corrected chi connectivity index (χ4v) is 1.62. The number of nitrogen functional groups attached to an aromatic ring is 1. The lowest BCUT2D eigenvalue weighted by Gasteiger charge is -1.94. The van der Waals surface area contributed by atoms with Crippen molar-refractivity contribution in [3.63, 3.8) is 0 Å². The zero-order valence-electron chi connectivity index (χ0n) is 9.90. The third-order valence-corrected chi connectivity index (χ3v) is 2.69. The Hall–Kier alpha value is -2.64. The molecular formula is C10H11N7O. The normalized spacial score (nSPS) is 11.0. The maximum absolute atomic E-state index is 5.85. The average molecular weight is 245 g/mol. The maximum Gasteiger partial charge on any atom is 0.263 e. The van der Waals surface area contributed by atoms with Gasteiger partial charge in [0.25, 0.3) is 5.89 Å². The van der Waals surface area contributed by atoms with Crippen molar-refractivity contribution >= 4 is 5.82 Å². The Morgan fingerprint density at radius 2 is 2.11 bits per heavy atom. The molecular weight excluding hydrogens is 234 g/mol. The zero-order chi connectivity index (χ0) is 12.7. The molecule has 0 saturated heterocycles. The van der Waals surface area contributed by atoms with Crippen LogP contribution in [0.1, 0.15) is 0 Å². The van der Waals surface area contributed by atoms with Crippen molar-refractivity contribution in [2.45, 2.75) is 0 Å². The summed E-state index contributed by atoms with van der Waals surface area (Å²) in [5.41, 5.74) is 7.24. The number of rotatable bonds is 2. The first-order valence-corrected chi connectivity index (χ1v) is 5.25. The van der Waals surface area contributed by atoms with E-state index in [1.807, 2.05) is 7.05 Å². The number of anilines is 1. The monoisotopic (exact) mass is 245 g/mol. The molecule has 0 fully saturated rings. The van der Waals surface area contributed by atoms with E-state index >= 15 is 0 Å². The fourth-order valence-electron chi connectivity index (χ4n) is 1.62. The third kappa shape index (κ3) is 1.46. The summed E-state index contributed by atoms with van der Waals surface area (Å²) in [6, 6.07) is 0. The van der Waals surface area contributed by atoms with Gasteiger partial charge in [-0.1, -0.05) is 5.16 Å². The van der Waals surface area contributed by atoms with Crippen LogP contribution in [0.15, 0.2) is 23.2 Å². The quantitative estimate of drug-likeness (QED) is 0.703. The summed E-state index contributed by atoms with van der Waals surface area (Å²) in [5, 5.41) is 7.94. The Labute approximate surface area is 102 Å². The van der Waals surface area contributed by atoms with Gasteiger partial charge in [0.15, 0.2) is 0 Å². The second-order valence-electron chi connectivity index (χ2n) is 3.88. The van der Waals surface area contributed by atoms with E-state index in [-0.39, 0.29) is 0 Å². The predicted molar refractivity (Wildman–Crippen MR) is 63.1 cm³/mol. The van der Waals surface area contributed by atoms with Crippen LogP contribution in [0, 0.1) is 0 Å². The molecule has 8 heteroatoms. The van der Waals surface area contributed by atoms with E-state index < -0.39 is 0 Å². The first-order valence-electron chi connectivity index (χ1n) is 5.25. The van der Waals surface area contributed by atoms with Crippen LogP contribution in [0.3, 0.4) is 0 Å². The van der Waals surface area contributed by atoms with Crippen LogP contribution in [0.4, 0.5) is 5.82 Å². The molecule has 3 rings (SSSR count). The fraction of sp³-hybridized carbons (Fsp3) is 0.200. The number of nitrogens with two attached hydrogens (primary N) is 1. The molecule has 0 amide bonds. The molecule has 0 aromatic carbocycles. The molecule has 0 atom stereocenters. The summed E-state index contributed by atoms with van der Waals surface area (Å²) in [6.07, 6.45) is 4.93. The van der Waals surface area contributed by atoms with Gasteiger partial charge in [-0.15, -0.1) is 0 Å². The highest BCUT2D eigenvalue weighted by Crippen LogP contribution is 2.25. The summed E-state index contributed by atoms with van der Waals surface area (Å²) in [5.74, 6) is 1.29. The first-order chi connectivity index (χ1) is 8.66. The molecule has 0 unspecified atom stereocenters. The Morgan fingerprint density at radius 3 is 2.72 bits per heavy atom. The van der Waals surface area contributed by atoms with Crippen LogP contribution in [0.25, 0.3) is 23.0 Å². The molecule has 8 nitrogen and oxygen atoms in total. The number of nitrogens with zero attached hydrogens (tertiary/aromatic N) is 6. The van der Waals surface area contributed by atoms with E-state index in [0.717, 1.165) is 5.69 Å². The van der Waals surface area contributed by atoms with Crippen LogP contribution in [0.2, 0.25) is 0 Å². The molecule has 3 aromatic rings. The largest absolute Gasteiger partial charge is 0.383 e. The predicted octanol–water partition coefficient (Wildman–Crippen LogP) is 0.453. The van der Waals surface area contributed by atoms with Crippen LogP contribution in [-0.4, -0.2) is 29.5 Å². The lowest BCUT2D eigenvalue weighted by molar-refractivity contribution is 0.432. The summed E-state index contributed by atoms with van der Waals surface area (Å²) in [6.45, 7) is 0. The summed E-state index contributed by atoms with van der Waals surface area (Å²) in [4.78, 5) is 8.29. The minimum atomic E-state index is 0.344. The molecule has 3 heterocycles. The van der Waals surface area contributed by atoms with Crippen molar-refractivity contribution in [2.24, 2.45) is 14.1 Å². The molecule has 0 aliphatic carbocycles. The molecule has 0 aliphatic rings. The average Bonchev–Trinajstić information content (AvgIpc) is 3.02. The highest BCUT2D eigenvalue weighted by molar-refractivity contribution is 5.67. The van der Waals surface area contributed by atoms with Gasteiger partial charge in [0.05, 0.1) is 18.7 Å². The Morgan fingerprint density at radius 1 is 1.28 bits per heavy atom. The van der Waals surface area contributed by atoms with Gasteiger partial charge in [-0.05, 0) is 0 Å². The number of hydrogen-bond donors (Lipinski definition) is 1. The van der Waals surface area contributed by atoms with Crippen molar-refractivity contribution in [2.75, 3.05) is 5.73 Å². The Kier molecular flexibility index (Phi) is 2.15. The molecule has 18 heavy (non-hydrogen) atoms. The summed E-state index contributed by atoms with van der Waals surface area (Å²) >= 11 is 0. The molecule has 2 N–H and O–H groups in total. The maximum atomic E-state index is 5.85. The molecule has 0 saturated carbocycles. The standard InChI is InChI=1S/C10H11N7O/c1-16-5-12-4-7(16)9-14-10(18-15-9)6-3-13-17(2)8(6)11/h3-5H,11H2,1-2H3. The lowest BCUT2D eigenvalue weighted by atomic mass is 10.3. The summed E-state index contributed by atoms with van der Waals surface area (Å²) < 4.78 is 8.54. The van der Waals surface area contributed by atoms with E-state index in [0.29, 0.717) is 23.1 Å². The van der Waals surface area contributed by atoms with Gasteiger partial charge in [0.1, 0.15) is 17.1 Å². The van der Waals surface area contributed by atoms with E-state index in [1.54, 1.807) is 35.0 Å². The highest BCUT2D eigenvalue weighted by Gasteiger charge is 2.17. The molecule has 3 aromatic heterocycles. The number of aryl methyl sites for hydroxylation is 2. The SMILES string of the molecule is Cn1cncc1-c1noc(-c2cnn(C)c2N)n1. The van der Waals surface area contributed by atoms with Crippen molar-refractivity contribution in [3.05, 3.63) is 18.7 Å². The van der Waals surface area contributed by atoms with Gasteiger partial charge in [0.2, 0.25) is 5.82 Å². The van der Waals surface area contributed by atoms with Gasteiger partial charge in [-0.3, -0.25) is 4.68 Å². The minimum absolute atomic E-state index is 0.344. The van der Waals surface area contributed by atoms with Crippen LogP contribution in [-0.2, 0) is 14.1 Å². The van der Waals surface area contributed by atoms with Gasteiger partial charge >= 0.3 is 0 Å². The molecule has 0 bridgehead atoms. The number of hydrogen-bond acceptors (Lipinski definition) is 6. The van der Waals surface area contributed by atoms with Crippen LogP contribution < -0.4 is 5.73 Å². The van der Waals surface area contributed by atoms with Gasteiger partial charge in [-0.2, -0.15) is 10.1 Å². The summed E-state index contributed by atoms with van der Waals surface area (Å²) in [7, 11) is 3.61. The van der Waals surface area contributed by atoms with E-state index in [1.165, 1.54) is 0 Å². The Bertz CT molecular complexity index is 693. The smallest absolute Gasteiger partial charge is 0.263 e. The molecule has 92 valence electrons. The Balaban J connectivity index is 2.05. The first kappa shape index (κ1) is 10.5. The van der Waals surface area contributed by atoms with E-state index in [2.05, 4.69) is 20.2 Å². The minimum Gasteiger partial charge on any atom is -0.383 e. The number of aromatic nitrogens is 6. The molecule has 0 radical (unpaired) electrons.